The number of fused-ring (bicyclic) bond motifs is 1. The number of nitrogens with zero attached hydrogens (tertiary/aromatic N) is 1. The third-order valence-electron chi connectivity index (χ3n) is 6.09. The fraction of sp³-hybridized carbons (Fsp3) is 0.500. The van der Waals surface area contributed by atoms with Crippen molar-refractivity contribution in [2.75, 3.05) is 33.4 Å². The van der Waals surface area contributed by atoms with Gasteiger partial charge in [0.2, 0.25) is 5.91 Å². The fourth-order valence-corrected chi connectivity index (χ4v) is 4.65. The van der Waals surface area contributed by atoms with Gasteiger partial charge < -0.3 is 25.3 Å². The Labute approximate surface area is 181 Å². The molecule has 3 heterocycles. The number of primary amides is 1. The summed E-state index contributed by atoms with van der Waals surface area (Å²) in [4.78, 5) is 14.3. The molecule has 1 saturated heterocycles. The maximum Gasteiger partial charge on any atom is 0.249 e. The first-order valence-corrected chi connectivity index (χ1v) is 10.7. The van der Waals surface area contributed by atoms with Crippen LogP contribution in [0.25, 0.3) is 0 Å². The number of hydrogen-bond acceptors (Lipinski definition) is 6. The first-order chi connectivity index (χ1) is 14.5. The summed E-state index contributed by atoms with van der Waals surface area (Å²) in [7, 11) is 1.61. The zero-order chi connectivity index (χ0) is 21.1. The number of piperidine rings is 1. The summed E-state index contributed by atoms with van der Waals surface area (Å²) >= 11 is 6.07. The molecule has 0 bridgehead atoms. The van der Waals surface area contributed by atoms with Crippen molar-refractivity contribution in [1.82, 2.24) is 10.2 Å². The van der Waals surface area contributed by atoms with Crippen molar-refractivity contribution >= 4 is 17.5 Å². The average molecular weight is 434 g/mol. The summed E-state index contributed by atoms with van der Waals surface area (Å²) in [5, 5.41) is 3.86. The SMILES string of the molecule is COC1(CC2CCN(CC3COc4ccc(Cl)cc4O3)CC2)NC=CC=C1C(N)=O. The largest absolute Gasteiger partial charge is 0.486 e. The van der Waals surface area contributed by atoms with Gasteiger partial charge in [0.05, 0.1) is 5.57 Å². The van der Waals surface area contributed by atoms with Crippen molar-refractivity contribution in [1.29, 1.82) is 0 Å². The summed E-state index contributed by atoms with van der Waals surface area (Å²) in [6.45, 7) is 3.25. The molecule has 2 atom stereocenters. The molecular weight excluding hydrogens is 406 g/mol. The Morgan fingerprint density at radius 1 is 1.37 bits per heavy atom. The van der Waals surface area contributed by atoms with Crippen molar-refractivity contribution in [3.63, 3.8) is 0 Å². The van der Waals surface area contributed by atoms with Crippen LogP contribution in [-0.4, -0.2) is 56.0 Å². The predicted octanol–water partition coefficient (Wildman–Crippen LogP) is 2.45. The number of nitrogens with two attached hydrogens (primary N) is 1. The second-order valence-corrected chi connectivity index (χ2v) is 8.51. The maximum atomic E-state index is 11.9. The molecule has 8 heteroatoms. The summed E-state index contributed by atoms with van der Waals surface area (Å²) in [5.41, 5.74) is 5.21. The molecular formula is C22H28ClN3O4. The Balaban J connectivity index is 1.31. The molecule has 1 aromatic carbocycles. The van der Waals surface area contributed by atoms with Crippen molar-refractivity contribution in [3.8, 4) is 11.5 Å². The van der Waals surface area contributed by atoms with E-state index in [0.717, 1.165) is 38.2 Å². The summed E-state index contributed by atoms with van der Waals surface area (Å²) in [6, 6.07) is 5.45. The van der Waals surface area contributed by atoms with Crippen molar-refractivity contribution < 1.29 is 19.0 Å². The standard InChI is InChI=1S/C22H28ClN3O4/c1-28-22(18(21(24)27)3-2-8-25-22)12-15-6-9-26(10-7-15)13-17-14-29-19-5-4-16(23)11-20(19)30-17/h2-5,8,11,15,17,25H,6-7,9-10,12-14H2,1H3,(H2,24,27). The van der Waals surface area contributed by atoms with Gasteiger partial charge in [-0.25, -0.2) is 0 Å². The molecule has 162 valence electrons. The van der Waals surface area contributed by atoms with Crippen LogP contribution in [0.15, 0.2) is 42.1 Å². The van der Waals surface area contributed by atoms with E-state index in [2.05, 4.69) is 10.2 Å². The second-order valence-electron chi connectivity index (χ2n) is 8.07. The van der Waals surface area contributed by atoms with E-state index < -0.39 is 11.6 Å². The number of allylic oxidation sites excluding steroid dienone is 2. The Kier molecular flexibility index (Phi) is 6.22. The van der Waals surface area contributed by atoms with E-state index in [1.807, 2.05) is 6.07 Å². The van der Waals surface area contributed by atoms with Crippen LogP contribution in [0.3, 0.4) is 0 Å². The number of rotatable bonds is 6. The lowest BCUT2D eigenvalue weighted by Crippen LogP contribution is -2.53. The minimum atomic E-state index is -0.850. The van der Waals surface area contributed by atoms with Gasteiger partial charge in [-0.2, -0.15) is 0 Å². The molecule has 1 amide bonds. The quantitative estimate of drug-likeness (QED) is 0.716. The highest BCUT2D eigenvalue weighted by Gasteiger charge is 2.40. The molecule has 4 rings (SSSR count). The molecule has 30 heavy (non-hydrogen) atoms. The molecule has 1 fully saturated rings. The lowest BCUT2D eigenvalue weighted by atomic mass is 9.84. The Bertz CT molecular complexity index is 851. The Hall–Kier alpha value is -2.22. The Morgan fingerprint density at radius 2 is 2.17 bits per heavy atom. The van der Waals surface area contributed by atoms with Gasteiger partial charge >= 0.3 is 0 Å². The smallest absolute Gasteiger partial charge is 0.249 e. The molecule has 3 aliphatic rings. The van der Waals surface area contributed by atoms with E-state index in [9.17, 15) is 4.79 Å². The summed E-state index contributed by atoms with van der Waals surface area (Å²) in [5.74, 6) is 1.41. The second kappa shape index (κ2) is 8.88. The van der Waals surface area contributed by atoms with Crippen LogP contribution in [0.4, 0.5) is 0 Å². The highest BCUT2D eigenvalue weighted by atomic mass is 35.5. The molecule has 3 aliphatic heterocycles. The molecule has 3 N–H and O–H groups in total. The van der Waals surface area contributed by atoms with Crippen LogP contribution in [0.2, 0.25) is 5.02 Å². The normalized spacial score (nSPS) is 26.7. The van der Waals surface area contributed by atoms with Crippen LogP contribution >= 0.6 is 11.6 Å². The number of methoxy groups -OCH3 is 1. The van der Waals surface area contributed by atoms with Gasteiger partial charge in [0, 0.05) is 31.2 Å². The predicted molar refractivity (Wildman–Crippen MR) is 114 cm³/mol. The van der Waals surface area contributed by atoms with Gasteiger partial charge in [0.25, 0.3) is 0 Å². The van der Waals surface area contributed by atoms with E-state index in [1.54, 1.807) is 37.6 Å². The lowest BCUT2D eigenvalue weighted by Gasteiger charge is -2.41. The van der Waals surface area contributed by atoms with Crippen molar-refractivity contribution in [3.05, 3.63) is 47.1 Å². The number of dihydropyridines is 1. The van der Waals surface area contributed by atoms with E-state index >= 15 is 0 Å². The van der Waals surface area contributed by atoms with Crippen molar-refractivity contribution in [2.24, 2.45) is 11.7 Å². The molecule has 0 saturated carbocycles. The van der Waals surface area contributed by atoms with E-state index in [-0.39, 0.29) is 6.10 Å². The van der Waals surface area contributed by atoms with Crippen LogP contribution in [-0.2, 0) is 9.53 Å². The van der Waals surface area contributed by atoms with Gasteiger partial charge in [-0.15, -0.1) is 0 Å². The summed E-state index contributed by atoms with van der Waals surface area (Å²) in [6.07, 6.45) is 8.02. The molecule has 0 spiro atoms. The average Bonchev–Trinajstić information content (AvgIpc) is 2.75. The summed E-state index contributed by atoms with van der Waals surface area (Å²) < 4.78 is 17.7. The molecule has 0 radical (unpaired) electrons. The number of nitrogens with one attached hydrogen (secondary N) is 1. The van der Waals surface area contributed by atoms with Crippen LogP contribution in [0.1, 0.15) is 19.3 Å². The number of amides is 1. The highest BCUT2D eigenvalue weighted by Crippen LogP contribution is 2.35. The molecule has 2 unspecified atom stereocenters. The fourth-order valence-electron chi connectivity index (χ4n) is 4.49. The number of benzene rings is 1. The highest BCUT2D eigenvalue weighted by molar-refractivity contribution is 6.30. The van der Waals surface area contributed by atoms with E-state index in [0.29, 0.717) is 35.3 Å². The topological polar surface area (TPSA) is 86.1 Å². The molecule has 1 aromatic rings. The monoisotopic (exact) mass is 433 g/mol. The third kappa shape index (κ3) is 4.43. The van der Waals surface area contributed by atoms with Gasteiger partial charge in [-0.1, -0.05) is 11.6 Å². The van der Waals surface area contributed by atoms with E-state index in [1.165, 1.54) is 0 Å². The first-order valence-electron chi connectivity index (χ1n) is 10.3. The Morgan fingerprint density at radius 3 is 2.90 bits per heavy atom. The minimum absolute atomic E-state index is 0.0209. The first kappa shape index (κ1) is 21.0. The molecule has 0 aromatic heterocycles. The zero-order valence-electron chi connectivity index (χ0n) is 17.1. The lowest BCUT2D eigenvalue weighted by molar-refractivity contribution is -0.119. The number of hydrogen-bond donors (Lipinski definition) is 2. The number of likely N-dealkylation sites (tertiary alicyclic amines) is 1. The van der Waals surface area contributed by atoms with Crippen LogP contribution in [0, 0.1) is 5.92 Å². The molecule has 7 nitrogen and oxygen atoms in total. The minimum Gasteiger partial charge on any atom is -0.486 e. The number of carbonyl (C=O) groups excluding carboxylic acids is 1. The van der Waals surface area contributed by atoms with Gasteiger partial charge in [0.15, 0.2) is 17.2 Å². The van der Waals surface area contributed by atoms with E-state index in [4.69, 9.17) is 31.5 Å². The van der Waals surface area contributed by atoms with Crippen molar-refractivity contribution in [2.45, 2.75) is 31.1 Å². The molecule has 0 aliphatic carbocycles. The van der Waals surface area contributed by atoms with Crippen LogP contribution < -0.4 is 20.5 Å². The number of carbonyl (C=O) groups is 1. The van der Waals surface area contributed by atoms with Gasteiger partial charge in [0.1, 0.15) is 12.7 Å². The number of halogens is 1. The third-order valence-corrected chi connectivity index (χ3v) is 6.33. The maximum absolute atomic E-state index is 11.9. The van der Waals surface area contributed by atoms with Gasteiger partial charge in [-0.05, 0) is 62.3 Å². The number of ether oxygens (including phenoxy) is 3. The zero-order valence-corrected chi connectivity index (χ0v) is 17.9. The van der Waals surface area contributed by atoms with Crippen LogP contribution in [0.5, 0.6) is 11.5 Å². The van der Waals surface area contributed by atoms with Gasteiger partial charge in [-0.3, -0.25) is 9.69 Å².